The van der Waals surface area contributed by atoms with Crippen molar-refractivity contribution < 1.29 is 41.8 Å². The monoisotopic (exact) mass is 429 g/mol. The highest BCUT2D eigenvalue weighted by Gasteiger charge is 2.56. The minimum Gasteiger partial charge on any atom is -0.481 e. The number of hydrogen-bond acceptors (Lipinski definition) is 3. The summed E-state index contributed by atoms with van der Waals surface area (Å²) >= 11 is 0. The van der Waals surface area contributed by atoms with Gasteiger partial charge in [-0.3, -0.25) is 9.59 Å². The first kappa shape index (κ1) is 25.3. The second-order valence-electron chi connectivity index (χ2n) is 7.32. The molecule has 0 saturated carbocycles. The van der Waals surface area contributed by atoms with Gasteiger partial charge in [0.1, 0.15) is 0 Å². The Morgan fingerprint density at radius 2 is 1.86 bits per heavy atom. The molecule has 0 aromatic carbocycles. The SMILES string of the molecule is O=C(O)CCC/C=C\CN1C(=O)CCC1CCC(O)CCCC(F)(F)C(F)(F)F. The van der Waals surface area contributed by atoms with Crippen molar-refractivity contribution in [1.29, 1.82) is 0 Å². The lowest BCUT2D eigenvalue weighted by atomic mass is 10.0. The van der Waals surface area contributed by atoms with Crippen molar-refractivity contribution in [1.82, 2.24) is 4.90 Å². The number of aliphatic hydroxyl groups is 1. The van der Waals surface area contributed by atoms with Crippen LogP contribution in [-0.4, -0.2) is 57.8 Å². The molecule has 1 heterocycles. The van der Waals surface area contributed by atoms with Crippen molar-refractivity contribution in [2.24, 2.45) is 0 Å². The van der Waals surface area contributed by atoms with Crippen LogP contribution in [0.25, 0.3) is 0 Å². The minimum atomic E-state index is -5.58. The normalized spacial score (nSPS) is 19.3. The fourth-order valence-corrected chi connectivity index (χ4v) is 3.25. The van der Waals surface area contributed by atoms with E-state index in [-0.39, 0.29) is 31.2 Å². The van der Waals surface area contributed by atoms with Crippen LogP contribution in [0.1, 0.15) is 64.2 Å². The van der Waals surface area contributed by atoms with E-state index in [0.717, 1.165) is 0 Å². The van der Waals surface area contributed by atoms with E-state index in [2.05, 4.69) is 0 Å². The maximum absolute atomic E-state index is 12.9. The summed E-state index contributed by atoms with van der Waals surface area (Å²) in [4.78, 5) is 24.1. The quantitative estimate of drug-likeness (QED) is 0.260. The van der Waals surface area contributed by atoms with E-state index in [1.165, 1.54) is 0 Å². The Kier molecular flexibility index (Phi) is 10.0. The van der Waals surface area contributed by atoms with Crippen LogP contribution >= 0.6 is 0 Å². The molecular formula is C19H28F5NO4. The van der Waals surface area contributed by atoms with E-state index in [0.29, 0.717) is 38.6 Å². The summed E-state index contributed by atoms with van der Waals surface area (Å²) in [6, 6.07) is -0.113. The molecule has 1 amide bonds. The van der Waals surface area contributed by atoms with E-state index in [9.17, 15) is 36.6 Å². The van der Waals surface area contributed by atoms with Crippen molar-refractivity contribution in [2.75, 3.05) is 6.54 Å². The van der Waals surface area contributed by atoms with Crippen molar-refractivity contribution >= 4 is 11.9 Å². The first-order valence-corrected chi connectivity index (χ1v) is 9.73. The van der Waals surface area contributed by atoms with E-state index in [1.54, 1.807) is 17.1 Å². The molecule has 1 fully saturated rings. The van der Waals surface area contributed by atoms with Gasteiger partial charge in [0, 0.05) is 31.8 Å². The molecule has 10 heteroatoms. The lowest BCUT2D eigenvalue weighted by molar-refractivity contribution is -0.284. The average Bonchev–Trinajstić information content (AvgIpc) is 2.94. The predicted molar refractivity (Wildman–Crippen MR) is 95.5 cm³/mol. The number of amides is 1. The topological polar surface area (TPSA) is 77.8 Å². The predicted octanol–water partition coefficient (Wildman–Crippen LogP) is 4.30. The molecule has 1 saturated heterocycles. The number of carbonyl (C=O) groups is 2. The van der Waals surface area contributed by atoms with Gasteiger partial charge in [0.05, 0.1) is 6.10 Å². The van der Waals surface area contributed by atoms with Gasteiger partial charge in [0.2, 0.25) is 5.91 Å². The molecule has 1 aliphatic heterocycles. The highest BCUT2D eigenvalue weighted by Crippen LogP contribution is 2.39. The Balaban J connectivity index is 2.33. The van der Waals surface area contributed by atoms with Gasteiger partial charge >= 0.3 is 18.1 Å². The molecule has 0 aromatic heterocycles. The number of likely N-dealkylation sites (tertiary alicyclic amines) is 1. The maximum Gasteiger partial charge on any atom is 0.453 e. The molecule has 0 radical (unpaired) electrons. The lowest BCUT2D eigenvalue weighted by Gasteiger charge is -2.25. The first-order chi connectivity index (χ1) is 13.4. The smallest absolute Gasteiger partial charge is 0.453 e. The van der Waals surface area contributed by atoms with E-state index in [1.807, 2.05) is 0 Å². The molecule has 29 heavy (non-hydrogen) atoms. The summed E-state index contributed by atoms with van der Waals surface area (Å²) in [5, 5.41) is 18.4. The first-order valence-electron chi connectivity index (χ1n) is 9.73. The van der Waals surface area contributed by atoms with Crippen LogP contribution in [0.3, 0.4) is 0 Å². The van der Waals surface area contributed by atoms with Gasteiger partial charge in [0.25, 0.3) is 0 Å². The summed E-state index contributed by atoms with van der Waals surface area (Å²) in [5.41, 5.74) is 0. The third kappa shape index (κ3) is 9.10. The average molecular weight is 429 g/mol. The number of unbranched alkanes of at least 4 members (excludes halogenated alkanes) is 1. The molecule has 1 aliphatic rings. The van der Waals surface area contributed by atoms with E-state index >= 15 is 0 Å². The summed E-state index contributed by atoms with van der Waals surface area (Å²) in [5.74, 6) is -5.66. The number of carbonyl (C=O) groups excluding carboxylic acids is 1. The highest BCUT2D eigenvalue weighted by molar-refractivity contribution is 5.78. The fraction of sp³-hybridized carbons (Fsp3) is 0.789. The molecule has 2 unspecified atom stereocenters. The minimum absolute atomic E-state index is 0.0375. The number of carboxylic acids is 1. The number of allylic oxidation sites excluding steroid dienone is 1. The van der Waals surface area contributed by atoms with E-state index < -0.39 is 37.0 Å². The van der Waals surface area contributed by atoms with Crippen LogP contribution in [0, 0.1) is 0 Å². The largest absolute Gasteiger partial charge is 0.481 e. The molecule has 0 bridgehead atoms. The molecule has 0 aliphatic carbocycles. The number of hydrogen-bond donors (Lipinski definition) is 2. The second-order valence-corrected chi connectivity index (χ2v) is 7.32. The van der Waals surface area contributed by atoms with Crippen LogP contribution in [-0.2, 0) is 9.59 Å². The standard InChI is InChI=1S/C19H28F5NO4/c20-18(21,19(22,23)24)12-5-6-15(26)10-8-14-9-11-16(27)25(14)13-4-2-1-3-7-17(28)29/h2,4,14-15,26H,1,3,5-13H2,(H,28,29)/b4-2-. The number of aliphatic carboxylic acids is 1. The van der Waals surface area contributed by atoms with Gasteiger partial charge < -0.3 is 15.1 Å². The zero-order valence-corrected chi connectivity index (χ0v) is 16.1. The maximum atomic E-state index is 12.9. The summed E-state index contributed by atoms with van der Waals surface area (Å²) < 4.78 is 62.1. The number of aliphatic hydroxyl groups excluding tert-OH is 1. The zero-order chi connectivity index (χ0) is 22.1. The van der Waals surface area contributed by atoms with Gasteiger partial charge in [-0.05, 0) is 44.9 Å². The zero-order valence-electron chi connectivity index (χ0n) is 16.1. The van der Waals surface area contributed by atoms with Gasteiger partial charge in [-0.25, -0.2) is 0 Å². The fourth-order valence-electron chi connectivity index (χ4n) is 3.25. The van der Waals surface area contributed by atoms with Crippen molar-refractivity contribution in [3.8, 4) is 0 Å². The number of halogens is 5. The summed E-state index contributed by atoms with van der Waals surface area (Å²) in [6.07, 6.45) is -2.16. The molecule has 0 spiro atoms. The molecule has 168 valence electrons. The summed E-state index contributed by atoms with van der Waals surface area (Å²) in [6.45, 7) is 0.366. The Morgan fingerprint density at radius 3 is 2.48 bits per heavy atom. The molecule has 2 N–H and O–H groups in total. The highest BCUT2D eigenvalue weighted by atomic mass is 19.4. The van der Waals surface area contributed by atoms with Crippen molar-refractivity contribution in [2.45, 2.75) is 88.5 Å². The van der Waals surface area contributed by atoms with Gasteiger partial charge in [-0.1, -0.05) is 12.2 Å². The molecule has 0 aromatic rings. The Morgan fingerprint density at radius 1 is 1.17 bits per heavy atom. The van der Waals surface area contributed by atoms with Crippen molar-refractivity contribution in [3.63, 3.8) is 0 Å². The van der Waals surface area contributed by atoms with Crippen LogP contribution in [0.2, 0.25) is 0 Å². The van der Waals surface area contributed by atoms with E-state index in [4.69, 9.17) is 5.11 Å². The third-order valence-electron chi connectivity index (χ3n) is 4.96. The van der Waals surface area contributed by atoms with Crippen LogP contribution in [0.15, 0.2) is 12.2 Å². The lowest BCUT2D eigenvalue weighted by Crippen LogP contribution is -2.36. The number of carboxylic acid groups (broad SMARTS) is 1. The number of alkyl halides is 5. The van der Waals surface area contributed by atoms with Crippen LogP contribution in [0.4, 0.5) is 22.0 Å². The molecule has 1 rings (SSSR count). The third-order valence-corrected chi connectivity index (χ3v) is 4.96. The molecular weight excluding hydrogens is 401 g/mol. The number of nitrogens with zero attached hydrogens (tertiary/aromatic N) is 1. The molecule has 5 nitrogen and oxygen atoms in total. The van der Waals surface area contributed by atoms with Crippen LogP contribution in [0.5, 0.6) is 0 Å². The van der Waals surface area contributed by atoms with Gasteiger partial charge in [-0.2, -0.15) is 22.0 Å². The van der Waals surface area contributed by atoms with Gasteiger partial charge in [0.15, 0.2) is 0 Å². The van der Waals surface area contributed by atoms with Crippen molar-refractivity contribution in [3.05, 3.63) is 12.2 Å². The Bertz CT molecular complexity index is 565. The Hall–Kier alpha value is -1.71. The molecule has 2 atom stereocenters. The van der Waals surface area contributed by atoms with Crippen LogP contribution < -0.4 is 0 Å². The summed E-state index contributed by atoms with van der Waals surface area (Å²) in [7, 11) is 0. The second kappa shape index (κ2) is 11.5. The Labute approximate surface area is 166 Å². The number of rotatable bonds is 13. The van der Waals surface area contributed by atoms with Gasteiger partial charge in [-0.15, -0.1) is 0 Å².